The molecule has 0 aliphatic carbocycles. The number of carbonyl (C=O) groups is 2. The molecule has 0 aliphatic rings. The van der Waals surface area contributed by atoms with Gasteiger partial charge < -0.3 is 10.4 Å². The van der Waals surface area contributed by atoms with Gasteiger partial charge in [0.2, 0.25) is 5.91 Å². The normalized spacial score (nSPS) is 11.9. The fourth-order valence-electron chi connectivity index (χ4n) is 1.27. The largest absolute Gasteiger partial charge is 0.480 e. The molecule has 1 rings (SSSR count). The Hall–Kier alpha value is -1.01. The van der Waals surface area contributed by atoms with Crippen molar-refractivity contribution >= 4 is 45.3 Å². The number of aliphatic carboxylic acids is 1. The number of nitrogens with one attached hydrogen (secondary N) is 1. The highest BCUT2D eigenvalue weighted by Crippen LogP contribution is 2.17. The topological polar surface area (TPSA) is 66.4 Å². The van der Waals surface area contributed by atoms with Gasteiger partial charge in [-0.25, -0.2) is 0 Å². The summed E-state index contributed by atoms with van der Waals surface area (Å²) in [7, 11) is 0. The molecule has 18 heavy (non-hydrogen) atoms. The zero-order valence-corrected chi connectivity index (χ0v) is 12.3. The molecule has 0 fully saturated rings. The Balaban J connectivity index is 2.42. The number of rotatable bonds is 6. The second-order valence-electron chi connectivity index (χ2n) is 3.60. The van der Waals surface area contributed by atoms with Crippen LogP contribution in [-0.4, -0.2) is 28.0 Å². The van der Waals surface area contributed by atoms with E-state index in [0.29, 0.717) is 12.1 Å². The van der Waals surface area contributed by atoms with Crippen molar-refractivity contribution in [3.8, 4) is 0 Å². The molecule has 2 N–H and O–H groups in total. The Morgan fingerprint density at radius 1 is 1.39 bits per heavy atom. The Morgan fingerprint density at radius 3 is 2.50 bits per heavy atom. The first-order chi connectivity index (χ1) is 8.52. The van der Waals surface area contributed by atoms with Crippen LogP contribution < -0.4 is 5.32 Å². The number of hydrogen-bond donors (Lipinski definition) is 2. The van der Waals surface area contributed by atoms with Gasteiger partial charge in [0.05, 0.1) is 5.75 Å². The number of halogens is 1. The van der Waals surface area contributed by atoms with Gasteiger partial charge in [0.25, 0.3) is 0 Å². The molecule has 6 heteroatoms. The minimum atomic E-state index is -0.876. The lowest BCUT2D eigenvalue weighted by atomic mass is 10.3. The molecule has 0 aliphatic heterocycles. The monoisotopic (exact) mass is 331 g/mol. The van der Waals surface area contributed by atoms with Gasteiger partial charge in [0.15, 0.2) is 0 Å². The first-order valence-corrected chi connectivity index (χ1v) is 7.27. The van der Waals surface area contributed by atoms with Gasteiger partial charge in [0, 0.05) is 10.2 Å². The number of carboxylic acid groups (broad SMARTS) is 1. The van der Waals surface area contributed by atoms with Crippen molar-refractivity contribution in [2.75, 3.05) is 11.1 Å². The molecule has 98 valence electrons. The summed E-state index contributed by atoms with van der Waals surface area (Å²) in [6, 6.07) is 7.21. The second kappa shape index (κ2) is 7.43. The quantitative estimate of drug-likeness (QED) is 0.840. The van der Waals surface area contributed by atoms with E-state index >= 15 is 0 Å². The predicted octanol–water partition coefficient (Wildman–Crippen LogP) is 2.98. The number of carbonyl (C=O) groups excluding carboxylic acids is 1. The highest BCUT2D eigenvalue weighted by atomic mass is 79.9. The maximum absolute atomic E-state index is 11.6. The number of benzene rings is 1. The minimum absolute atomic E-state index is 0.140. The minimum Gasteiger partial charge on any atom is -0.480 e. The number of anilines is 1. The van der Waals surface area contributed by atoms with Crippen molar-refractivity contribution in [2.45, 2.75) is 18.6 Å². The molecule has 0 saturated heterocycles. The van der Waals surface area contributed by atoms with Crippen LogP contribution in [0.25, 0.3) is 0 Å². The zero-order chi connectivity index (χ0) is 13.5. The zero-order valence-electron chi connectivity index (χ0n) is 9.85. The molecule has 4 nitrogen and oxygen atoms in total. The lowest BCUT2D eigenvalue weighted by molar-refractivity contribution is -0.136. The average molecular weight is 332 g/mol. The summed E-state index contributed by atoms with van der Waals surface area (Å²) in [6.45, 7) is 1.79. The van der Waals surface area contributed by atoms with Crippen molar-refractivity contribution in [1.29, 1.82) is 0 Å². The fraction of sp³-hybridized carbons (Fsp3) is 0.333. The standard InChI is InChI=1S/C12H14BrNO3S/c1-2-10(12(16)17)18-7-11(15)14-9-5-3-8(13)4-6-9/h3-6,10H,2,7H2,1H3,(H,14,15)(H,16,17). The number of amides is 1. The van der Waals surface area contributed by atoms with E-state index in [2.05, 4.69) is 21.2 Å². The Kier molecular flexibility index (Phi) is 6.21. The first-order valence-electron chi connectivity index (χ1n) is 5.42. The third-order valence-corrected chi connectivity index (χ3v) is 4.08. The van der Waals surface area contributed by atoms with Crippen LogP contribution in [-0.2, 0) is 9.59 Å². The lowest BCUT2D eigenvalue weighted by Crippen LogP contribution is -2.20. The van der Waals surface area contributed by atoms with Gasteiger partial charge in [-0.05, 0) is 30.7 Å². The van der Waals surface area contributed by atoms with E-state index in [1.165, 1.54) is 0 Å². The number of thioether (sulfide) groups is 1. The van der Waals surface area contributed by atoms with Gasteiger partial charge in [-0.2, -0.15) is 0 Å². The average Bonchev–Trinajstić information content (AvgIpc) is 2.32. The number of carboxylic acids is 1. The summed E-state index contributed by atoms with van der Waals surface area (Å²) in [6.07, 6.45) is 0.506. The molecule has 1 amide bonds. The molecule has 1 aromatic rings. The highest BCUT2D eigenvalue weighted by Gasteiger charge is 2.16. The van der Waals surface area contributed by atoms with Crippen LogP contribution in [0.4, 0.5) is 5.69 Å². The molecular weight excluding hydrogens is 318 g/mol. The van der Waals surface area contributed by atoms with Gasteiger partial charge in [-0.15, -0.1) is 11.8 Å². The SMILES string of the molecule is CCC(SCC(=O)Nc1ccc(Br)cc1)C(=O)O. The van der Waals surface area contributed by atoms with Crippen molar-refractivity contribution in [3.05, 3.63) is 28.7 Å². The predicted molar refractivity (Wildman–Crippen MR) is 76.9 cm³/mol. The number of hydrogen-bond acceptors (Lipinski definition) is 3. The van der Waals surface area contributed by atoms with E-state index in [9.17, 15) is 9.59 Å². The van der Waals surface area contributed by atoms with E-state index in [-0.39, 0.29) is 11.7 Å². The highest BCUT2D eigenvalue weighted by molar-refractivity contribution is 9.10. The molecule has 1 unspecified atom stereocenters. The van der Waals surface area contributed by atoms with Crippen LogP contribution in [0.1, 0.15) is 13.3 Å². The van der Waals surface area contributed by atoms with E-state index < -0.39 is 11.2 Å². The third-order valence-electron chi connectivity index (χ3n) is 2.19. The summed E-state index contributed by atoms with van der Waals surface area (Å²) < 4.78 is 0.937. The Morgan fingerprint density at radius 2 is 2.00 bits per heavy atom. The van der Waals surface area contributed by atoms with Crippen molar-refractivity contribution < 1.29 is 14.7 Å². The molecule has 0 heterocycles. The van der Waals surface area contributed by atoms with Gasteiger partial charge >= 0.3 is 5.97 Å². The lowest BCUT2D eigenvalue weighted by Gasteiger charge is -2.09. The molecule has 0 radical (unpaired) electrons. The van der Waals surface area contributed by atoms with Crippen LogP contribution >= 0.6 is 27.7 Å². The van der Waals surface area contributed by atoms with Gasteiger partial charge in [-0.1, -0.05) is 22.9 Å². The van der Waals surface area contributed by atoms with E-state index in [0.717, 1.165) is 16.2 Å². The van der Waals surface area contributed by atoms with Gasteiger partial charge in [0.1, 0.15) is 5.25 Å². The summed E-state index contributed by atoms with van der Waals surface area (Å²) in [5.41, 5.74) is 0.701. The maximum atomic E-state index is 11.6. The summed E-state index contributed by atoms with van der Waals surface area (Å²) in [5, 5.41) is 11.0. The van der Waals surface area contributed by atoms with Crippen LogP contribution in [0, 0.1) is 0 Å². The van der Waals surface area contributed by atoms with Crippen LogP contribution in [0.3, 0.4) is 0 Å². The first kappa shape index (κ1) is 15.0. The molecule has 0 bridgehead atoms. The van der Waals surface area contributed by atoms with Crippen LogP contribution in [0.15, 0.2) is 28.7 Å². The molecule has 1 aromatic carbocycles. The summed E-state index contributed by atoms with van der Waals surface area (Å²) >= 11 is 4.44. The molecular formula is C12H14BrNO3S. The smallest absolute Gasteiger partial charge is 0.316 e. The van der Waals surface area contributed by atoms with E-state index in [4.69, 9.17) is 5.11 Å². The Bertz CT molecular complexity index is 422. The molecule has 0 spiro atoms. The van der Waals surface area contributed by atoms with Crippen molar-refractivity contribution in [3.63, 3.8) is 0 Å². The van der Waals surface area contributed by atoms with E-state index in [1.807, 2.05) is 12.1 Å². The van der Waals surface area contributed by atoms with E-state index in [1.54, 1.807) is 19.1 Å². The fourth-order valence-corrected chi connectivity index (χ4v) is 2.34. The summed E-state index contributed by atoms with van der Waals surface area (Å²) in [4.78, 5) is 22.4. The van der Waals surface area contributed by atoms with Crippen LogP contribution in [0.5, 0.6) is 0 Å². The summed E-state index contributed by atoms with van der Waals surface area (Å²) in [5.74, 6) is -0.929. The Labute approximate surface area is 118 Å². The molecule has 0 aromatic heterocycles. The second-order valence-corrected chi connectivity index (χ2v) is 5.71. The van der Waals surface area contributed by atoms with Crippen molar-refractivity contribution in [2.24, 2.45) is 0 Å². The molecule has 0 saturated carbocycles. The maximum Gasteiger partial charge on any atom is 0.316 e. The van der Waals surface area contributed by atoms with Crippen LogP contribution in [0.2, 0.25) is 0 Å². The third kappa shape index (κ3) is 5.10. The molecule has 1 atom stereocenters. The van der Waals surface area contributed by atoms with Gasteiger partial charge in [-0.3, -0.25) is 9.59 Å². The van der Waals surface area contributed by atoms with Crippen molar-refractivity contribution in [1.82, 2.24) is 0 Å².